The summed E-state index contributed by atoms with van der Waals surface area (Å²) in [7, 11) is 0. The van der Waals surface area contributed by atoms with Crippen molar-refractivity contribution in [2.45, 2.75) is 110 Å². The van der Waals surface area contributed by atoms with Gasteiger partial charge in [0.25, 0.3) is 0 Å². The molecule has 0 saturated carbocycles. The van der Waals surface area contributed by atoms with E-state index in [9.17, 15) is 0 Å². The van der Waals surface area contributed by atoms with Crippen LogP contribution in [-0.2, 0) is 0 Å². The second kappa shape index (κ2) is 12.2. The van der Waals surface area contributed by atoms with Crippen LogP contribution >= 0.6 is 0 Å². The van der Waals surface area contributed by atoms with Crippen LogP contribution in [0.1, 0.15) is 92.4 Å². The molecule has 1 rings (SSSR count). The van der Waals surface area contributed by atoms with Gasteiger partial charge in [0.05, 0.1) is 0 Å². The zero-order valence-corrected chi connectivity index (χ0v) is 19.9. The van der Waals surface area contributed by atoms with Crippen molar-refractivity contribution in [1.82, 2.24) is 4.90 Å². The van der Waals surface area contributed by atoms with Crippen LogP contribution in [0.2, 0.25) is 13.3 Å². The molecule has 1 aliphatic heterocycles. The molecule has 1 aliphatic rings. The van der Waals surface area contributed by atoms with E-state index >= 15 is 0 Å². The number of unbranched alkanes of at least 4 members (excludes halogenated alkanes) is 3. The molecule has 0 aromatic heterocycles. The molecule has 0 unspecified atom stereocenters. The van der Waals surface area contributed by atoms with Gasteiger partial charge in [-0.2, -0.15) is 0 Å². The van der Waals surface area contributed by atoms with Crippen molar-refractivity contribution < 1.29 is 0 Å². The molecule has 0 aromatic rings. The number of rotatable bonds is 13. The second-order valence-electron chi connectivity index (χ2n) is 8.55. The summed E-state index contributed by atoms with van der Waals surface area (Å²) in [5.74, 6) is 0.864. The van der Waals surface area contributed by atoms with Gasteiger partial charge in [0.15, 0.2) is 0 Å². The maximum absolute atomic E-state index is 3.00. The van der Waals surface area contributed by atoms with Crippen molar-refractivity contribution >= 4 is 18.4 Å². The third-order valence-electron chi connectivity index (χ3n) is 6.15. The van der Waals surface area contributed by atoms with Crippen molar-refractivity contribution in [2.24, 2.45) is 5.92 Å². The van der Waals surface area contributed by atoms with E-state index in [4.69, 9.17) is 0 Å². The maximum atomic E-state index is 3.00. The first-order valence-electron chi connectivity index (χ1n) is 10.8. The summed E-state index contributed by atoms with van der Waals surface area (Å²) in [6, 6.07) is 0. The molecule has 23 heavy (non-hydrogen) atoms. The van der Waals surface area contributed by atoms with Gasteiger partial charge in [0, 0.05) is 0 Å². The summed E-state index contributed by atoms with van der Waals surface area (Å²) in [6.45, 7) is 14.8. The summed E-state index contributed by atoms with van der Waals surface area (Å²) in [5, 5.41) is 0. The van der Waals surface area contributed by atoms with Crippen LogP contribution in [0, 0.1) is 5.92 Å². The van der Waals surface area contributed by atoms with E-state index in [-0.39, 0.29) is 0 Å². The molecule has 1 heterocycles. The average molecular weight is 430 g/mol. The Hall–Kier alpha value is 0.759. The van der Waals surface area contributed by atoms with E-state index in [1.54, 1.807) is 19.7 Å². The Kier molecular flexibility index (Phi) is 11.5. The van der Waals surface area contributed by atoms with E-state index in [1.165, 1.54) is 64.5 Å². The fourth-order valence-corrected chi connectivity index (χ4v) is 24.0. The molecule has 138 valence electrons. The normalized spacial score (nSPS) is 19.8. The predicted octanol–water partition coefficient (Wildman–Crippen LogP) is 6.89. The molecule has 0 aromatic carbocycles. The molecular weight excluding hydrogens is 385 g/mol. The van der Waals surface area contributed by atoms with Crippen molar-refractivity contribution in [2.75, 3.05) is 13.1 Å². The fraction of sp³-hybridized carbons (Fsp3) is 1.00. The molecule has 0 radical (unpaired) electrons. The van der Waals surface area contributed by atoms with Gasteiger partial charge < -0.3 is 0 Å². The Labute approximate surface area is 151 Å². The Bertz CT molecular complexity index is 268. The van der Waals surface area contributed by atoms with E-state index in [0.717, 1.165) is 9.98 Å². The first-order chi connectivity index (χ1) is 11.1. The topological polar surface area (TPSA) is 3.24 Å². The molecule has 0 bridgehead atoms. The summed E-state index contributed by atoms with van der Waals surface area (Å²) >= 11 is -2.03. The van der Waals surface area contributed by atoms with Gasteiger partial charge >= 0.3 is 152 Å². The van der Waals surface area contributed by atoms with Crippen LogP contribution < -0.4 is 0 Å². The number of likely N-dealkylation sites (tertiary alicyclic amines) is 1. The molecule has 0 amide bonds. The fourth-order valence-electron chi connectivity index (χ4n) is 4.67. The van der Waals surface area contributed by atoms with Crippen LogP contribution in [0.15, 0.2) is 0 Å². The van der Waals surface area contributed by atoms with Gasteiger partial charge in [0.1, 0.15) is 0 Å². The van der Waals surface area contributed by atoms with Crippen LogP contribution in [0.5, 0.6) is 0 Å². The molecule has 2 heteroatoms. The molecule has 1 atom stereocenters. The van der Waals surface area contributed by atoms with Crippen molar-refractivity contribution in [3.8, 4) is 0 Å². The van der Waals surface area contributed by atoms with E-state index < -0.39 is 18.4 Å². The van der Waals surface area contributed by atoms with Gasteiger partial charge in [0.2, 0.25) is 0 Å². The first kappa shape index (κ1) is 21.8. The minimum absolute atomic E-state index is 0.864. The van der Waals surface area contributed by atoms with Crippen LogP contribution in [0.4, 0.5) is 0 Å². The Balaban J connectivity index is 2.87. The van der Waals surface area contributed by atoms with E-state index in [0.29, 0.717) is 0 Å². The Morgan fingerprint density at radius 2 is 1.43 bits per heavy atom. The molecular formula is C21H45NSn. The van der Waals surface area contributed by atoms with Crippen LogP contribution in [0.3, 0.4) is 0 Å². The molecule has 0 aliphatic carbocycles. The monoisotopic (exact) mass is 431 g/mol. The Morgan fingerprint density at radius 1 is 0.913 bits per heavy atom. The number of nitrogens with zero attached hydrogens (tertiary/aromatic N) is 1. The van der Waals surface area contributed by atoms with Crippen molar-refractivity contribution in [3.63, 3.8) is 0 Å². The van der Waals surface area contributed by atoms with Gasteiger partial charge in [-0.05, 0) is 0 Å². The number of hydrogen-bond acceptors (Lipinski definition) is 1. The first-order valence-corrected chi connectivity index (χ1v) is 18.5. The summed E-state index contributed by atoms with van der Waals surface area (Å²) < 4.78 is 6.16. The zero-order chi connectivity index (χ0) is 17.1. The molecule has 0 spiro atoms. The van der Waals surface area contributed by atoms with E-state index in [1.807, 2.05) is 0 Å². The van der Waals surface area contributed by atoms with Crippen LogP contribution in [-0.4, -0.2) is 40.4 Å². The number of hydrogen-bond donors (Lipinski definition) is 0. The van der Waals surface area contributed by atoms with Crippen molar-refractivity contribution in [3.05, 3.63) is 0 Å². The third kappa shape index (κ3) is 7.26. The van der Waals surface area contributed by atoms with Gasteiger partial charge in [-0.3, -0.25) is 0 Å². The quantitative estimate of drug-likeness (QED) is 0.288. The molecule has 0 N–H and O–H groups in total. The van der Waals surface area contributed by atoms with Crippen LogP contribution in [0.25, 0.3) is 0 Å². The molecule has 1 nitrogen and oxygen atoms in total. The third-order valence-corrected chi connectivity index (χ3v) is 23.6. The summed E-state index contributed by atoms with van der Waals surface area (Å²) in [4.78, 5) is 3.00. The Morgan fingerprint density at radius 3 is 1.87 bits per heavy atom. The second-order valence-corrected chi connectivity index (χ2v) is 22.5. The van der Waals surface area contributed by atoms with Crippen molar-refractivity contribution in [1.29, 1.82) is 0 Å². The molecule has 1 saturated heterocycles. The molecule has 1 fully saturated rings. The standard InChI is InChI=1S/C9H18N.3C4H9.Sn/c1-9(2)5-8-10-6-3-4-7-10;3*1-3-4-2;/h6,9H,3-5,7-8H2,1-2H3;3*1,3-4H2,2H3;. The summed E-state index contributed by atoms with van der Waals surface area (Å²) in [6.07, 6.45) is 13.3. The average Bonchev–Trinajstić information content (AvgIpc) is 3.02. The summed E-state index contributed by atoms with van der Waals surface area (Å²) in [5.41, 5.74) is 0. The van der Waals surface area contributed by atoms with Gasteiger partial charge in [-0.25, -0.2) is 0 Å². The predicted molar refractivity (Wildman–Crippen MR) is 109 cm³/mol. The zero-order valence-electron chi connectivity index (χ0n) is 17.0. The van der Waals surface area contributed by atoms with E-state index in [2.05, 4.69) is 39.5 Å². The van der Waals surface area contributed by atoms with Gasteiger partial charge in [-0.1, -0.05) is 0 Å². The minimum atomic E-state index is -2.03. The SMILES string of the molecule is CCC[CH2][Sn]([CH2]CCC)([CH2]CCC)[C@@H]1CCCN1CCC(C)C. The van der Waals surface area contributed by atoms with Gasteiger partial charge in [-0.15, -0.1) is 0 Å².